The van der Waals surface area contributed by atoms with E-state index in [1.54, 1.807) is 0 Å². The quantitative estimate of drug-likeness (QED) is 0.739. The molecular formula is C19H21N3O2. The monoisotopic (exact) mass is 323 g/mol. The average molecular weight is 323 g/mol. The van der Waals surface area contributed by atoms with Crippen molar-refractivity contribution in [2.75, 3.05) is 19.7 Å². The molecule has 0 bridgehead atoms. The molecule has 1 saturated heterocycles. The summed E-state index contributed by atoms with van der Waals surface area (Å²) in [6.07, 6.45) is 3.99. The van der Waals surface area contributed by atoms with E-state index >= 15 is 0 Å². The fourth-order valence-electron chi connectivity index (χ4n) is 3.10. The molecule has 24 heavy (non-hydrogen) atoms. The first-order valence-electron chi connectivity index (χ1n) is 8.24. The van der Waals surface area contributed by atoms with Gasteiger partial charge in [-0.3, -0.25) is 9.58 Å². The van der Waals surface area contributed by atoms with Crippen molar-refractivity contribution < 1.29 is 9.15 Å². The Morgan fingerprint density at radius 3 is 2.83 bits per heavy atom. The molecule has 1 aliphatic heterocycles. The lowest BCUT2D eigenvalue weighted by Gasteiger charge is -2.31. The molecule has 1 fully saturated rings. The SMILES string of the molecule is Cn1cc([C@@H]2CN(Cc3ccc(-c4ccccc4)o3)CCO2)cn1. The van der Waals surface area contributed by atoms with Crippen molar-refractivity contribution in [1.82, 2.24) is 14.7 Å². The summed E-state index contributed by atoms with van der Waals surface area (Å²) in [4.78, 5) is 2.37. The molecular weight excluding hydrogens is 302 g/mol. The number of ether oxygens (including phenoxy) is 1. The first-order chi connectivity index (χ1) is 11.8. The van der Waals surface area contributed by atoms with Crippen molar-refractivity contribution in [3.8, 4) is 11.3 Å². The molecule has 4 rings (SSSR count). The van der Waals surface area contributed by atoms with Crippen molar-refractivity contribution in [1.29, 1.82) is 0 Å². The number of benzene rings is 1. The van der Waals surface area contributed by atoms with Gasteiger partial charge in [0, 0.05) is 37.5 Å². The Balaban J connectivity index is 1.43. The number of morpholine rings is 1. The van der Waals surface area contributed by atoms with Crippen LogP contribution in [-0.4, -0.2) is 34.4 Å². The van der Waals surface area contributed by atoms with Crippen molar-refractivity contribution in [3.05, 3.63) is 66.2 Å². The maximum absolute atomic E-state index is 6.02. The maximum Gasteiger partial charge on any atom is 0.134 e. The largest absolute Gasteiger partial charge is 0.460 e. The van der Waals surface area contributed by atoms with Gasteiger partial charge in [0.15, 0.2) is 0 Å². The number of aromatic nitrogens is 2. The Labute approximate surface area is 141 Å². The molecule has 0 amide bonds. The van der Waals surface area contributed by atoms with E-state index in [9.17, 15) is 0 Å². The minimum atomic E-state index is 0.0796. The van der Waals surface area contributed by atoms with Gasteiger partial charge in [0.2, 0.25) is 0 Å². The van der Waals surface area contributed by atoms with E-state index in [4.69, 9.17) is 9.15 Å². The first kappa shape index (κ1) is 15.2. The molecule has 1 aliphatic rings. The summed E-state index contributed by atoms with van der Waals surface area (Å²) < 4.78 is 13.7. The van der Waals surface area contributed by atoms with Crippen LogP contribution < -0.4 is 0 Å². The molecule has 3 heterocycles. The van der Waals surface area contributed by atoms with E-state index < -0.39 is 0 Å². The third kappa shape index (κ3) is 3.27. The second kappa shape index (κ2) is 6.63. The van der Waals surface area contributed by atoms with Crippen LogP contribution >= 0.6 is 0 Å². The number of hydrogen-bond acceptors (Lipinski definition) is 4. The van der Waals surface area contributed by atoms with Crippen LogP contribution in [0.25, 0.3) is 11.3 Å². The van der Waals surface area contributed by atoms with Crippen molar-refractivity contribution in [2.24, 2.45) is 7.05 Å². The highest BCUT2D eigenvalue weighted by Gasteiger charge is 2.23. The molecule has 3 aromatic rings. The van der Waals surface area contributed by atoms with E-state index in [1.165, 1.54) is 0 Å². The minimum Gasteiger partial charge on any atom is -0.460 e. The number of aryl methyl sites for hydroxylation is 1. The van der Waals surface area contributed by atoms with Crippen molar-refractivity contribution >= 4 is 0 Å². The van der Waals surface area contributed by atoms with Gasteiger partial charge >= 0.3 is 0 Å². The first-order valence-corrected chi connectivity index (χ1v) is 8.24. The van der Waals surface area contributed by atoms with Crippen LogP contribution in [-0.2, 0) is 18.3 Å². The summed E-state index contributed by atoms with van der Waals surface area (Å²) in [5.74, 6) is 1.91. The third-order valence-electron chi connectivity index (χ3n) is 4.35. The lowest BCUT2D eigenvalue weighted by molar-refractivity contribution is -0.0346. The topological polar surface area (TPSA) is 43.4 Å². The Kier molecular flexibility index (Phi) is 4.19. The van der Waals surface area contributed by atoms with Gasteiger partial charge in [-0.1, -0.05) is 30.3 Å². The smallest absolute Gasteiger partial charge is 0.134 e. The lowest BCUT2D eigenvalue weighted by atomic mass is 10.1. The molecule has 0 N–H and O–H groups in total. The average Bonchev–Trinajstić information content (AvgIpc) is 3.25. The second-order valence-electron chi connectivity index (χ2n) is 6.17. The number of furan rings is 1. The van der Waals surface area contributed by atoms with Crippen LogP contribution in [0.4, 0.5) is 0 Å². The lowest BCUT2D eigenvalue weighted by Crippen LogP contribution is -2.37. The third-order valence-corrected chi connectivity index (χ3v) is 4.35. The Morgan fingerprint density at radius 1 is 1.17 bits per heavy atom. The summed E-state index contributed by atoms with van der Waals surface area (Å²) in [5.41, 5.74) is 2.24. The van der Waals surface area contributed by atoms with E-state index in [-0.39, 0.29) is 6.10 Å². The predicted octanol–water partition coefficient (Wildman–Crippen LogP) is 3.25. The van der Waals surface area contributed by atoms with Crippen LogP contribution in [0.15, 0.2) is 59.3 Å². The zero-order chi connectivity index (χ0) is 16.4. The van der Waals surface area contributed by atoms with E-state index in [1.807, 2.05) is 48.4 Å². The van der Waals surface area contributed by atoms with Crippen molar-refractivity contribution in [3.63, 3.8) is 0 Å². The molecule has 0 radical (unpaired) electrons. The van der Waals surface area contributed by atoms with Gasteiger partial charge in [0.25, 0.3) is 0 Å². The molecule has 1 aromatic carbocycles. The summed E-state index contributed by atoms with van der Waals surface area (Å²) in [7, 11) is 1.93. The van der Waals surface area contributed by atoms with Gasteiger partial charge in [-0.05, 0) is 12.1 Å². The van der Waals surface area contributed by atoms with Crippen molar-refractivity contribution in [2.45, 2.75) is 12.6 Å². The molecule has 5 nitrogen and oxygen atoms in total. The van der Waals surface area contributed by atoms with Gasteiger partial charge in [0.1, 0.15) is 11.5 Å². The molecule has 0 unspecified atom stereocenters. The predicted molar refractivity (Wildman–Crippen MR) is 91.3 cm³/mol. The molecule has 1 atom stereocenters. The fraction of sp³-hybridized carbons (Fsp3) is 0.316. The fourth-order valence-corrected chi connectivity index (χ4v) is 3.10. The zero-order valence-electron chi connectivity index (χ0n) is 13.8. The van der Waals surface area contributed by atoms with Crippen LogP contribution in [0.3, 0.4) is 0 Å². The Hall–Kier alpha value is -2.37. The standard InChI is InChI=1S/C19H21N3O2/c1-21-12-16(11-20-21)19-14-22(9-10-23-19)13-17-7-8-18(24-17)15-5-3-2-4-6-15/h2-8,11-12,19H,9-10,13-14H2,1H3/t19-/m0/s1. The highest BCUT2D eigenvalue weighted by Crippen LogP contribution is 2.25. The minimum absolute atomic E-state index is 0.0796. The van der Waals surface area contributed by atoms with Gasteiger partial charge in [-0.2, -0.15) is 5.10 Å². The maximum atomic E-state index is 6.02. The molecule has 0 saturated carbocycles. The number of hydrogen-bond donors (Lipinski definition) is 0. The van der Waals surface area contributed by atoms with Gasteiger partial charge < -0.3 is 9.15 Å². The number of rotatable bonds is 4. The summed E-state index contributed by atoms with van der Waals surface area (Å²) in [6.45, 7) is 3.30. The van der Waals surface area contributed by atoms with E-state index in [2.05, 4.69) is 28.2 Å². The normalized spacial score (nSPS) is 18.8. The zero-order valence-corrected chi connectivity index (χ0v) is 13.8. The van der Waals surface area contributed by atoms with Crippen LogP contribution in [0.1, 0.15) is 17.4 Å². The Bertz CT molecular complexity index is 794. The molecule has 5 heteroatoms. The second-order valence-corrected chi connectivity index (χ2v) is 6.17. The van der Waals surface area contributed by atoms with Gasteiger partial charge in [0.05, 0.1) is 25.5 Å². The molecule has 0 aliphatic carbocycles. The summed E-state index contributed by atoms with van der Waals surface area (Å²) in [6, 6.07) is 14.3. The van der Waals surface area contributed by atoms with E-state index in [0.717, 1.165) is 48.9 Å². The summed E-state index contributed by atoms with van der Waals surface area (Å²) in [5, 5.41) is 4.24. The summed E-state index contributed by atoms with van der Waals surface area (Å²) >= 11 is 0. The van der Waals surface area contributed by atoms with Crippen LogP contribution in [0.2, 0.25) is 0 Å². The van der Waals surface area contributed by atoms with E-state index in [0.29, 0.717) is 0 Å². The molecule has 124 valence electrons. The van der Waals surface area contributed by atoms with Gasteiger partial charge in [-0.25, -0.2) is 0 Å². The highest BCUT2D eigenvalue weighted by molar-refractivity contribution is 5.57. The molecule has 2 aromatic heterocycles. The number of nitrogens with zero attached hydrogens (tertiary/aromatic N) is 3. The molecule has 0 spiro atoms. The Morgan fingerprint density at radius 2 is 2.04 bits per heavy atom. The van der Waals surface area contributed by atoms with Gasteiger partial charge in [-0.15, -0.1) is 0 Å². The highest BCUT2D eigenvalue weighted by atomic mass is 16.5. The van der Waals surface area contributed by atoms with Crippen LogP contribution in [0, 0.1) is 0 Å². The van der Waals surface area contributed by atoms with Crippen LogP contribution in [0.5, 0.6) is 0 Å².